The largest absolute Gasteiger partial charge is 0.443 e. The summed E-state index contributed by atoms with van der Waals surface area (Å²) in [5, 5.41) is 0.835. The number of imide groups is 1. The van der Waals surface area contributed by atoms with E-state index in [0.29, 0.717) is 0 Å². The van der Waals surface area contributed by atoms with Crippen LogP contribution in [-0.2, 0) is 32.3 Å². The summed E-state index contributed by atoms with van der Waals surface area (Å²) < 4.78 is 65.6. The number of hydrogen-bond donors (Lipinski definition) is 2. The smallest absolute Gasteiger partial charge is 0.322 e. The minimum Gasteiger partial charge on any atom is -0.322 e. The first-order chi connectivity index (χ1) is 14.5. The molecule has 0 radical (unpaired) electrons. The highest BCUT2D eigenvalue weighted by molar-refractivity contribution is 7.92. The van der Waals surface area contributed by atoms with Crippen molar-refractivity contribution in [3.05, 3.63) is 39.7 Å². The first kappa shape index (κ1) is 21.2. The zero-order chi connectivity index (χ0) is 22.6. The number of nitrogens with zero attached hydrogens (tertiary/aromatic N) is 2. The van der Waals surface area contributed by atoms with E-state index in [2.05, 4.69) is 15.0 Å². The van der Waals surface area contributed by atoms with E-state index in [1.807, 2.05) is 0 Å². The van der Waals surface area contributed by atoms with Gasteiger partial charge in [-0.25, -0.2) is 4.98 Å². The van der Waals surface area contributed by atoms with E-state index in [0.717, 1.165) is 5.38 Å². The number of rotatable bonds is 4. The van der Waals surface area contributed by atoms with Crippen molar-refractivity contribution in [2.24, 2.45) is 0 Å². The molecule has 1 fully saturated rings. The molecule has 2 aromatic rings. The molecular formula is C17H13F3N4O5S2. The number of amides is 3. The van der Waals surface area contributed by atoms with Gasteiger partial charge in [0.2, 0.25) is 11.8 Å². The maximum Gasteiger partial charge on any atom is 0.443 e. The van der Waals surface area contributed by atoms with Crippen molar-refractivity contribution in [1.29, 1.82) is 0 Å². The highest BCUT2D eigenvalue weighted by Gasteiger charge is 2.40. The Labute approximate surface area is 177 Å². The lowest BCUT2D eigenvalue weighted by Crippen LogP contribution is -2.52. The number of benzene rings is 1. The number of sulfonamides is 1. The summed E-state index contributed by atoms with van der Waals surface area (Å²) >= 11 is 0.150. The molecule has 9 nitrogen and oxygen atoms in total. The van der Waals surface area contributed by atoms with Crippen molar-refractivity contribution in [1.82, 2.24) is 15.2 Å². The molecule has 3 heterocycles. The Bertz CT molecular complexity index is 1210. The molecule has 2 aliphatic rings. The number of halogens is 3. The Kier molecular flexibility index (Phi) is 5.00. The van der Waals surface area contributed by atoms with Gasteiger partial charge in [-0.3, -0.25) is 24.4 Å². The highest BCUT2D eigenvalue weighted by atomic mass is 32.2. The van der Waals surface area contributed by atoms with Crippen LogP contribution < -0.4 is 10.0 Å². The van der Waals surface area contributed by atoms with Crippen LogP contribution in [0, 0.1) is 0 Å². The summed E-state index contributed by atoms with van der Waals surface area (Å²) in [5.41, 5.74) is 0.411. The van der Waals surface area contributed by atoms with Crippen LogP contribution in [-0.4, -0.2) is 42.1 Å². The van der Waals surface area contributed by atoms with Crippen molar-refractivity contribution in [2.45, 2.75) is 36.6 Å². The van der Waals surface area contributed by atoms with E-state index < -0.39 is 50.0 Å². The second kappa shape index (κ2) is 7.30. The highest BCUT2D eigenvalue weighted by Crippen LogP contribution is 2.35. The minimum absolute atomic E-state index is 0.0118. The van der Waals surface area contributed by atoms with E-state index in [4.69, 9.17) is 0 Å². The standard InChI is InChI=1S/C17H13F3N4O5S2/c18-17(19,20)16-22-13(7-30-16)31(28,29)23-10-3-1-2-8-9(10)6-24(15(8)27)11-4-5-12(25)21-14(11)26/h1-3,7,11,23H,4-6H2,(H,21,25,26). The monoisotopic (exact) mass is 474 g/mol. The van der Waals surface area contributed by atoms with Crippen LogP contribution in [0.25, 0.3) is 0 Å². The van der Waals surface area contributed by atoms with E-state index in [1.165, 1.54) is 23.1 Å². The van der Waals surface area contributed by atoms with Crippen LogP contribution in [0.2, 0.25) is 0 Å². The predicted molar refractivity (Wildman–Crippen MR) is 100 cm³/mol. The molecule has 0 aliphatic carbocycles. The molecule has 164 valence electrons. The topological polar surface area (TPSA) is 126 Å². The zero-order valence-corrected chi connectivity index (χ0v) is 17.0. The molecule has 0 spiro atoms. The molecule has 4 rings (SSSR count). The number of anilines is 1. The summed E-state index contributed by atoms with van der Waals surface area (Å²) in [5.74, 6) is -1.58. The molecule has 1 aromatic carbocycles. The lowest BCUT2D eigenvalue weighted by molar-refractivity contribution is -0.138. The van der Waals surface area contributed by atoms with Crippen LogP contribution in [0.5, 0.6) is 0 Å². The molecule has 1 saturated heterocycles. The number of fused-ring (bicyclic) bond motifs is 1. The third kappa shape index (κ3) is 3.87. The summed E-state index contributed by atoms with van der Waals surface area (Å²) in [6.07, 6.45) is -4.59. The second-order valence-corrected chi connectivity index (χ2v) is 9.31. The fraction of sp³-hybridized carbons (Fsp3) is 0.294. The van der Waals surface area contributed by atoms with Gasteiger partial charge in [-0.1, -0.05) is 6.07 Å². The molecule has 31 heavy (non-hydrogen) atoms. The predicted octanol–water partition coefficient (Wildman–Crippen LogP) is 1.72. The van der Waals surface area contributed by atoms with Gasteiger partial charge >= 0.3 is 6.18 Å². The van der Waals surface area contributed by atoms with Crippen molar-refractivity contribution >= 4 is 44.8 Å². The van der Waals surface area contributed by atoms with Gasteiger partial charge in [0.15, 0.2) is 10.0 Å². The number of aromatic nitrogens is 1. The second-order valence-electron chi connectivity index (χ2n) is 6.83. The normalized spacial score (nSPS) is 19.4. The minimum atomic E-state index is -4.78. The first-order valence-electron chi connectivity index (χ1n) is 8.79. The Balaban J connectivity index is 1.61. The van der Waals surface area contributed by atoms with Crippen LogP contribution in [0.4, 0.5) is 18.9 Å². The van der Waals surface area contributed by atoms with Gasteiger partial charge in [-0.05, 0) is 18.6 Å². The number of carbonyl (C=O) groups excluding carboxylic acids is 3. The number of hydrogen-bond acceptors (Lipinski definition) is 7. The molecular weight excluding hydrogens is 461 g/mol. The molecule has 1 unspecified atom stereocenters. The van der Waals surface area contributed by atoms with Crippen molar-refractivity contribution in [3.8, 4) is 0 Å². The zero-order valence-electron chi connectivity index (χ0n) is 15.4. The van der Waals surface area contributed by atoms with Crippen LogP contribution in [0.15, 0.2) is 28.6 Å². The average molecular weight is 474 g/mol. The quantitative estimate of drug-likeness (QED) is 0.650. The third-order valence-electron chi connectivity index (χ3n) is 4.83. The molecule has 1 aromatic heterocycles. The number of nitrogens with one attached hydrogen (secondary N) is 2. The van der Waals surface area contributed by atoms with Gasteiger partial charge in [-0.15, -0.1) is 11.3 Å². The summed E-state index contributed by atoms with van der Waals surface area (Å²) in [4.78, 5) is 40.6. The molecule has 14 heteroatoms. The van der Waals surface area contributed by atoms with Gasteiger partial charge in [-0.2, -0.15) is 21.6 Å². The Morgan fingerprint density at radius 2 is 1.97 bits per heavy atom. The van der Waals surface area contributed by atoms with E-state index in [1.54, 1.807) is 0 Å². The summed E-state index contributed by atoms with van der Waals surface area (Å²) in [7, 11) is -4.46. The van der Waals surface area contributed by atoms with Crippen molar-refractivity contribution in [3.63, 3.8) is 0 Å². The fourth-order valence-corrected chi connectivity index (χ4v) is 5.45. The van der Waals surface area contributed by atoms with Gasteiger partial charge in [0.1, 0.15) is 6.04 Å². The Hall–Kier alpha value is -3.00. The lowest BCUT2D eigenvalue weighted by Gasteiger charge is -2.29. The Morgan fingerprint density at radius 1 is 1.23 bits per heavy atom. The van der Waals surface area contributed by atoms with Gasteiger partial charge in [0, 0.05) is 29.5 Å². The van der Waals surface area contributed by atoms with Gasteiger partial charge < -0.3 is 4.90 Å². The van der Waals surface area contributed by atoms with Crippen LogP contribution >= 0.6 is 11.3 Å². The van der Waals surface area contributed by atoms with E-state index in [-0.39, 0.29) is 47.5 Å². The van der Waals surface area contributed by atoms with Gasteiger partial charge in [0.05, 0.1) is 5.69 Å². The molecule has 3 amide bonds. The molecule has 1 atom stereocenters. The van der Waals surface area contributed by atoms with Crippen LogP contribution in [0.1, 0.15) is 33.8 Å². The molecule has 0 bridgehead atoms. The first-order valence-corrected chi connectivity index (χ1v) is 11.2. The van der Waals surface area contributed by atoms with E-state index in [9.17, 15) is 36.0 Å². The summed E-state index contributed by atoms with van der Waals surface area (Å²) in [6.45, 7) is -0.107. The molecule has 2 aliphatic heterocycles. The third-order valence-corrected chi connectivity index (χ3v) is 7.11. The van der Waals surface area contributed by atoms with Crippen LogP contribution in [0.3, 0.4) is 0 Å². The molecule has 0 saturated carbocycles. The maximum atomic E-state index is 12.8. The number of alkyl halides is 3. The van der Waals surface area contributed by atoms with E-state index >= 15 is 0 Å². The lowest BCUT2D eigenvalue weighted by atomic mass is 10.0. The molecule has 2 N–H and O–H groups in total. The van der Waals surface area contributed by atoms with Gasteiger partial charge in [0.25, 0.3) is 15.9 Å². The average Bonchev–Trinajstić information content (AvgIpc) is 3.29. The maximum absolute atomic E-state index is 12.8. The Morgan fingerprint density at radius 3 is 2.61 bits per heavy atom. The number of carbonyl (C=O) groups is 3. The fourth-order valence-electron chi connectivity index (χ4n) is 3.39. The SMILES string of the molecule is O=C1CCC(N2Cc3c(NS(=O)(=O)c4csc(C(F)(F)F)n4)cccc3C2=O)C(=O)N1. The summed E-state index contributed by atoms with van der Waals surface area (Å²) in [6, 6.07) is 3.32. The van der Waals surface area contributed by atoms with Crippen molar-refractivity contribution in [2.75, 3.05) is 4.72 Å². The number of thiazole rings is 1. The van der Waals surface area contributed by atoms with Crippen molar-refractivity contribution < 1.29 is 36.0 Å². The number of piperidine rings is 1.